The smallest absolute Gasteiger partial charge is 0.243 e. The third-order valence-electron chi connectivity index (χ3n) is 6.54. The quantitative estimate of drug-likeness (QED) is 0.286. The largest absolute Gasteiger partial charge is 0.497 e. The Labute approximate surface area is 225 Å². The van der Waals surface area contributed by atoms with E-state index in [0.717, 1.165) is 34.4 Å². The molecule has 0 aliphatic rings. The van der Waals surface area contributed by atoms with Gasteiger partial charge in [0.15, 0.2) is 0 Å². The number of nitrogens with one attached hydrogen (secondary N) is 1. The molecule has 4 aromatic rings. The van der Waals surface area contributed by atoms with Gasteiger partial charge in [-0.3, -0.25) is 9.59 Å². The molecule has 0 spiro atoms. The van der Waals surface area contributed by atoms with Crippen molar-refractivity contribution in [2.45, 2.75) is 31.8 Å². The molecule has 4 aromatic carbocycles. The lowest BCUT2D eigenvalue weighted by atomic mass is 10.0. The number of methoxy groups -OCH3 is 1. The first-order valence-corrected chi connectivity index (χ1v) is 12.9. The summed E-state index contributed by atoms with van der Waals surface area (Å²) in [5, 5.41) is 3.10. The van der Waals surface area contributed by atoms with Gasteiger partial charge in [-0.1, -0.05) is 103 Å². The van der Waals surface area contributed by atoms with Crippen molar-refractivity contribution in [3.8, 4) is 5.75 Å². The molecule has 38 heavy (non-hydrogen) atoms. The van der Waals surface area contributed by atoms with Crippen LogP contribution in [0.3, 0.4) is 0 Å². The second-order valence-corrected chi connectivity index (χ2v) is 9.26. The summed E-state index contributed by atoms with van der Waals surface area (Å²) in [7, 11) is 1.63. The number of hydrogen-bond donors (Lipinski definition) is 1. The van der Waals surface area contributed by atoms with Gasteiger partial charge in [-0.05, 0) is 40.8 Å². The summed E-state index contributed by atoms with van der Waals surface area (Å²) in [5.41, 5.74) is 4.01. The van der Waals surface area contributed by atoms with Crippen LogP contribution in [0, 0.1) is 0 Å². The second-order valence-electron chi connectivity index (χ2n) is 9.26. The molecule has 4 rings (SSSR count). The molecule has 5 heteroatoms. The topological polar surface area (TPSA) is 58.6 Å². The van der Waals surface area contributed by atoms with Gasteiger partial charge in [0.1, 0.15) is 11.8 Å². The molecule has 0 saturated carbocycles. The van der Waals surface area contributed by atoms with E-state index in [2.05, 4.69) is 5.32 Å². The molecule has 194 valence electrons. The van der Waals surface area contributed by atoms with Crippen LogP contribution in [-0.4, -0.2) is 36.4 Å². The van der Waals surface area contributed by atoms with Crippen molar-refractivity contribution in [2.24, 2.45) is 0 Å². The third kappa shape index (κ3) is 7.81. The van der Waals surface area contributed by atoms with Crippen LogP contribution < -0.4 is 10.1 Å². The molecule has 0 aliphatic heterocycles. The van der Waals surface area contributed by atoms with Crippen molar-refractivity contribution in [3.63, 3.8) is 0 Å². The highest BCUT2D eigenvalue weighted by Crippen LogP contribution is 2.19. The minimum Gasteiger partial charge on any atom is -0.497 e. The standard InChI is InChI=1S/C33H34N2O3/c1-38-30-19-17-29(18-20-30)25-35(32(36)24-28-15-9-4-10-16-28)31(23-27-13-7-3-8-14-27)33(37)34-22-21-26-11-5-2-6-12-26/h2-20,31H,21-25H2,1H3,(H,34,37). The summed E-state index contributed by atoms with van der Waals surface area (Å²) in [6, 6.07) is 36.6. The lowest BCUT2D eigenvalue weighted by Gasteiger charge is -2.32. The number of rotatable bonds is 12. The zero-order valence-electron chi connectivity index (χ0n) is 21.8. The molecular weight excluding hydrogens is 472 g/mol. The van der Waals surface area contributed by atoms with Crippen LogP contribution in [0.1, 0.15) is 22.3 Å². The molecule has 0 bridgehead atoms. The van der Waals surface area contributed by atoms with E-state index >= 15 is 0 Å². The van der Waals surface area contributed by atoms with Crippen LogP contribution in [0.2, 0.25) is 0 Å². The van der Waals surface area contributed by atoms with Gasteiger partial charge in [-0.2, -0.15) is 0 Å². The Kier molecular flexibility index (Phi) is 9.69. The summed E-state index contributed by atoms with van der Waals surface area (Å²) >= 11 is 0. The number of amides is 2. The Morgan fingerprint density at radius 2 is 1.26 bits per heavy atom. The van der Waals surface area contributed by atoms with E-state index in [0.29, 0.717) is 19.5 Å². The first-order valence-electron chi connectivity index (χ1n) is 12.9. The molecule has 0 aromatic heterocycles. The lowest BCUT2D eigenvalue weighted by molar-refractivity contribution is -0.140. The second kappa shape index (κ2) is 13.8. The molecule has 0 radical (unpaired) electrons. The van der Waals surface area contributed by atoms with Gasteiger partial charge >= 0.3 is 0 Å². The Hall–Kier alpha value is -4.38. The fraction of sp³-hybridized carbons (Fsp3) is 0.212. The molecule has 1 unspecified atom stereocenters. The van der Waals surface area contributed by atoms with Crippen LogP contribution in [0.15, 0.2) is 115 Å². The first-order chi connectivity index (χ1) is 18.6. The van der Waals surface area contributed by atoms with Crippen LogP contribution in [0.25, 0.3) is 0 Å². The van der Waals surface area contributed by atoms with Gasteiger partial charge in [0.25, 0.3) is 0 Å². The van der Waals surface area contributed by atoms with Gasteiger partial charge in [0, 0.05) is 19.5 Å². The first kappa shape index (κ1) is 26.7. The predicted molar refractivity (Wildman–Crippen MR) is 151 cm³/mol. The van der Waals surface area contributed by atoms with Crippen LogP contribution in [-0.2, 0) is 35.4 Å². The summed E-state index contributed by atoms with van der Waals surface area (Å²) in [6.07, 6.45) is 1.37. The molecule has 1 atom stereocenters. The van der Waals surface area contributed by atoms with E-state index in [9.17, 15) is 9.59 Å². The van der Waals surface area contributed by atoms with E-state index in [4.69, 9.17) is 4.74 Å². The molecule has 0 aliphatic carbocycles. The van der Waals surface area contributed by atoms with Gasteiger partial charge in [0.2, 0.25) is 11.8 Å². The zero-order valence-corrected chi connectivity index (χ0v) is 21.8. The van der Waals surface area contributed by atoms with Crippen molar-refractivity contribution in [3.05, 3.63) is 138 Å². The van der Waals surface area contributed by atoms with Crippen LogP contribution in [0.5, 0.6) is 5.75 Å². The number of carbonyl (C=O) groups is 2. The molecule has 1 N–H and O–H groups in total. The van der Waals surface area contributed by atoms with E-state index in [1.54, 1.807) is 12.0 Å². The third-order valence-corrected chi connectivity index (χ3v) is 6.54. The lowest BCUT2D eigenvalue weighted by Crippen LogP contribution is -2.51. The van der Waals surface area contributed by atoms with E-state index < -0.39 is 6.04 Å². The maximum atomic E-state index is 13.8. The number of hydrogen-bond acceptors (Lipinski definition) is 3. The summed E-state index contributed by atoms with van der Waals surface area (Å²) in [4.78, 5) is 29.2. The highest BCUT2D eigenvalue weighted by molar-refractivity contribution is 5.88. The number of ether oxygens (including phenoxy) is 1. The Bertz CT molecular complexity index is 1280. The highest BCUT2D eigenvalue weighted by Gasteiger charge is 2.30. The van der Waals surface area contributed by atoms with Crippen LogP contribution in [0.4, 0.5) is 0 Å². The fourth-order valence-electron chi connectivity index (χ4n) is 4.45. The molecule has 0 heterocycles. The van der Waals surface area contributed by atoms with Gasteiger partial charge < -0.3 is 15.0 Å². The molecule has 0 saturated heterocycles. The maximum Gasteiger partial charge on any atom is 0.243 e. The maximum absolute atomic E-state index is 13.8. The number of nitrogens with zero attached hydrogens (tertiary/aromatic N) is 1. The highest BCUT2D eigenvalue weighted by atomic mass is 16.5. The number of benzene rings is 4. The average molecular weight is 507 g/mol. The van der Waals surface area contributed by atoms with Crippen molar-refractivity contribution in [2.75, 3.05) is 13.7 Å². The fourth-order valence-corrected chi connectivity index (χ4v) is 4.45. The van der Waals surface area contributed by atoms with Gasteiger partial charge in [-0.15, -0.1) is 0 Å². The van der Waals surface area contributed by atoms with E-state index in [1.165, 1.54) is 0 Å². The monoisotopic (exact) mass is 506 g/mol. The minimum absolute atomic E-state index is 0.0915. The van der Waals surface area contributed by atoms with E-state index in [-0.39, 0.29) is 18.2 Å². The Balaban J connectivity index is 1.60. The summed E-state index contributed by atoms with van der Waals surface area (Å²) < 4.78 is 5.30. The molecule has 5 nitrogen and oxygen atoms in total. The van der Waals surface area contributed by atoms with Crippen molar-refractivity contribution in [1.29, 1.82) is 0 Å². The van der Waals surface area contributed by atoms with Crippen molar-refractivity contribution in [1.82, 2.24) is 10.2 Å². The normalized spacial score (nSPS) is 11.4. The minimum atomic E-state index is -0.661. The van der Waals surface area contributed by atoms with Crippen LogP contribution >= 0.6 is 0 Å². The Morgan fingerprint density at radius 3 is 1.84 bits per heavy atom. The van der Waals surface area contributed by atoms with Crippen molar-refractivity contribution >= 4 is 11.8 Å². The Morgan fingerprint density at radius 1 is 0.711 bits per heavy atom. The SMILES string of the molecule is COc1ccc(CN(C(=O)Cc2ccccc2)C(Cc2ccccc2)C(=O)NCCc2ccccc2)cc1. The van der Waals surface area contributed by atoms with Crippen molar-refractivity contribution < 1.29 is 14.3 Å². The predicted octanol–water partition coefficient (Wildman–Crippen LogP) is 5.24. The summed E-state index contributed by atoms with van der Waals surface area (Å²) in [5.74, 6) is 0.501. The molecule has 0 fully saturated rings. The van der Waals surface area contributed by atoms with E-state index in [1.807, 2.05) is 115 Å². The van der Waals surface area contributed by atoms with Gasteiger partial charge in [0.05, 0.1) is 13.5 Å². The van der Waals surface area contributed by atoms with Gasteiger partial charge in [-0.25, -0.2) is 0 Å². The molecule has 2 amide bonds. The average Bonchev–Trinajstić information content (AvgIpc) is 2.96. The summed E-state index contributed by atoms with van der Waals surface area (Å²) in [6.45, 7) is 0.816. The molecular formula is C33H34N2O3. The zero-order chi connectivity index (χ0) is 26.6. The number of carbonyl (C=O) groups excluding carboxylic acids is 2.